The Morgan fingerprint density at radius 2 is 1.85 bits per heavy atom. The van der Waals surface area contributed by atoms with Crippen molar-refractivity contribution in [2.24, 2.45) is 0 Å². The number of carbonyl (C=O) groups is 2. The summed E-state index contributed by atoms with van der Waals surface area (Å²) >= 11 is 0. The summed E-state index contributed by atoms with van der Waals surface area (Å²) in [5, 5.41) is 9.28. The van der Waals surface area contributed by atoms with Gasteiger partial charge in [-0.2, -0.15) is 0 Å². The first-order chi connectivity index (χ1) is 12.8. The average Bonchev–Trinajstić information content (AvgIpc) is 2.64. The maximum absolute atomic E-state index is 12.6. The Labute approximate surface area is 160 Å². The first kappa shape index (κ1) is 19.1. The number of benzene rings is 2. The smallest absolute Gasteiger partial charge is 0.241 e. The minimum Gasteiger partial charge on any atom is -0.326 e. The van der Waals surface area contributed by atoms with Crippen molar-refractivity contribution >= 4 is 23.2 Å². The van der Waals surface area contributed by atoms with Gasteiger partial charge in [-0.1, -0.05) is 24.3 Å². The van der Waals surface area contributed by atoms with Crippen LogP contribution in [-0.2, 0) is 16.0 Å². The SMILES string of the molecule is Cc1ccc(C)c(NC(=O)[C@H](C)N[C@H](C)c2ccc3c(c2)CCC(=O)N3)c1. The summed E-state index contributed by atoms with van der Waals surface area (Å²) in [5.41, 5.74) is 6.16. The lowest BCUT2D eigenvalue weighted by Gasteiger charge is -2.23. The molecule has 1 heterocycles. The van der Waals surface area contributed by atoms with Crippen LogP contribution in [0.4, 0.5) is 11.4 Å². The molecule has 0 fully saturated rings. The third-order valence-corrected chi connectivity index (χ3v) is 5.07. The van der Waals surface area contributed by atoms with E-state index < -0.39 is 0 Å². The lowest BCUT2D eigenvalue weighted by atomic mass is 9.97. The maximum atomic E-state index is 12.6. The zero-order valence-electron chi connectivity index (χ0n) is 16.3. The molecule has 0 saturated heterocycles. The molecule has 1 aliphatic rings. The number of fused-ring (bicyclic) bond motifs is 1. The van der Waals surface area contributed by atoms with Crippen LogP contribution in [0.15, 0.2) is 36.4 Å². The van der Waals surface area contributed by atoms with Crippen LogP contribution in [0.25, 0.3) is 0 Å². The average molecular weight is 365 g/mol. The van der Waals surface area contributed by atoms with Crippen LogP contribution >= 0.6 is 0 Å². The number of aryl methyl sites for hydroxylation is 3. The Bertz CT molecular complexity index is 876. The molecule has 0 unspecified atom stereocenters. The Morgan fingerprint density at radius 3 is 2.63 bits per heavy atom. The zero-order valence-corrected chi connectivity index (χ0v) is 16.3. The zero-order chi connectivity index (χ0) is 19.6. The summed E-state index contributed by atoms with van der Waals surface area (Å²) in [7, 11) is 0. The van der Waals surface area contributed by atoms with Crippen molar-refractivity contribution in [3.05, 3.63) is 58.7 Å². The lowest BCUT2D eigenvalue weighted by molar-refractivity contribution is -0.118. The second-order valence-corrected chi connectivity index (χ2v) is 7.38. The molecule has 0 aliphatic carbocycles. The van der Waals surface area contributed by atoms with Gasteiger partial charge in [-0.25, -0.2) is 0 Å². The third kappa shape index (κ3) is 4.55. The summed E-state index contributed by atoms with van der Waals surface area (Å²) in [6.45, 7) is 7.92. The van der Waals surface area contributed by atoms with E-state index in [9.17, 15) is 9.59 Å². The van der Waals surface area contributed by atoms with E-state index in [1.165, 1.54) is 0 Å². The van der Waals surface area contributed by atoms with Crippen LogP contribution in [0.3, 0.4) is 0 Å². The molecule has 5 nitrogen and oxygen atoms in total. The van der Waals surface area contributed by atoms with Crippen molar-refractivity contribution in [2.75, 3.05) is 10.6 Å². The summed E-state index contributed by atoms with van der Waals surface area (Å²) in [6.07, 6.45) is 1.28. The van der Waals surface area contributed by atoms with E-state index >= 15 is 0 Å². The van der Waals surface area contributed by atoms with E-state index in [0.717, 1.165) is 40.0 Å². The summed E-state index contributed by atoms with van der Waals surface area (Å²) in [5.74, 6) is 0.0129. The molecule has 5 heteroatoms. The van der Waals surface area contributed by atoms with Gasteiger partial charge in [0.2, 0.25) is 11.8 Å². The number of carbonyl (C=O) groups excluding carboxylic acids is 2. The van der Waals surface area contributed by atoms with Gasteiger partial charge in [-0.15, -0.1) is 0 Å². The first-order valence-electron chi connectivity index (χ1n) is 9.40. The van der Waals surface area contributed by atoms with E-state index in [-0.39, 0.29) is 23.9 Å². The highest BCUT2D eigenvalue weighted by molar-refractivity contribution is 5.95. The molecule has 2 atom stereocenters. The van der Waals surface area contributed by atoms with Gasteiger partial charge in [-0.05, 0) is 68.5 Å². The van der Waals surface area contributed by atoms with Crippen LogP contribution in [0.2, 0.25) is 0 Å². The highest BCUT2D eigenvalue weighted by atomic mass is 16.2. The summed E-state index contributed by atoms with van der Waals surface area (Å²) in [6, 6.07) is 11.8. The van der Waals surface area contributed by atoms with Gasteiger partial charge >= 0.3 is 0 Å². The number of hydrogen-bond acceptors (Lipinski definition) is 3. The number of amides is 2. The van der Waals surface area contributed by atoms with Crippen molar-refractivity contribution in [2.45, 2.75) is 52.6 Å². The minimum absolute atomic E-state index is 0.0206. The van der Waals surface area contributed by atoms with Crippen LogP contribution in [0.5, 0.6) is 0 Å². The molecule has 27 heavy (non-hydrogen) atoms. The topological polar surface area (TPSA) is 70.2 Å². The molecule has 0 spiro atoms. The van der Waals surface area contributed by atoms with Gasteiger partial charge in [0.05, 0.1) is 6.04 Å². The molecule has 0 aromatic heterocycles. The molecular weight excluding hydrogens is 338 g/mol. The van der Waals surface area contributed by atoms with Crippen molar-refractivity contribution in [3.8, 4) is 0 Å². The third-order valence-electron chi connectivity index (χ3n) is 5.07. The monoisotopic (exact) mass is 365 g/mol. The van der Waals surface area contributed by atoms with E-state index in [2.05, 4.69) is 22.0 Å². The molecule has 2 aromatic rings. The van der Waals surface area contributed by atoms with Gasteiger partial charge in [0.25, 0.3) is 0 Å². The molecule has 0 radical (unpaired) electrons. The van der Waals surface area contributed by atoms with Crippen molar-refractivity contribution in [1.82, 2.24) is 5.32 Å². The van der Waals surface area contributed by atoms with E-state index in [1.807, 2.05) is 58.0 Å². The Balaban J connectivity index is 1.64. The highest BCUT2D eigenvalue weighted by Crippen LogP contribution is 2.26. The molecule has 3 N–H and O–H groups in total. The summed E-state index contributed by atoms with van der Waals surface area (Å²) < 4.78 is 0. The van der Waals surface area contributed by atoms with Crippen LogP contribution in [-0.4, -0.2) is 17.9 Å². The molecule has 0 bridgehead atoms. The van der Waals surface area contributed by atoms with Crippen molar-refractivity contribution < 1.29 is 9.59 Å². The Morgan fingerprint density at radius 1 is 1.07 bits per heavy atom. The molecule has 142 valence electrons. The van der Waals surface area contributed by atoms with E-state index in [4.69, 9.17) is 0 Å². The van der Waals surface area contributed by atoms with Crippen molar-refractivity contribution in [1.29, 1.82) is 0 Å². The molecule has 1 aliphatic heterocycles. The normalized spacial score (nSPS) is 15.5. The lowest BCUT2D eigenvalue weighted by Crippen LogP contribution is -2.39. The van der Waals surface area contributed by atoms with Gasteiger partial charge in [0.15, 0.2) is 0 Å². The fraction of sp³-hybridized carbons (Fsp3) is 0.364. The maximum Gasteiger partial charge on any atom is 0.241 e. The minimum atomic E-state index is -0.337. The molecule has 0 saturated carbocycles. The predicted molar refractivity (Wildman–Crippen MR) is 109 cm³/mol. The largest absolute Gasteiger partial charge is 0.326 e. The van der Waals surface area contributed by atoms with E-state index in [1.54, 1.807) is 0 Å². The Kier molecular flexibility index (Phi) is 5.61. The second-order valence-electron chi connectivity index (χ2n) is 7.38. The fourth-order valence-corrected chi connectivity index (χ4v) is 3.33. The highest BCUT2D eigenvalue weighted by Gasteiger charge is 2.19. The van der Waals surface area contributed by atoms with Crippen molar-refractivity contribution in [3.63, 3.8) is 0 Å². The number of rotatable bonds is 5. The second kappa shape index (κ2) is 7.92. The van der Waals surface area contributed by atoms with Gasteiger partial charge in [0, 0.05) is 23.8 Å². The molecule has 2 amide bonds. The fourth-order valence-electron chi connectivity index (χ4n) is 3.33. The van der Waals surface area contributed by atoms with Gasteiger partial charge < -0.3 is 10.6 Å². The Hall–Kier alpha value is -2.66. The van der Waals surface area contributed by atoms with Crippen LogP contribution in [0.1, 0.15) is 48.6 Å². The molecule has 3 rings (SSSR count). The number of nitrogens with one attached hydrogen (secondary N) is 3. The van der Waals surface area contributed by atoms with Gasteiger partial charge in [0.1, 0.15) is 0 Å². The quantitative estimate of drug-likeness (QED) is 0.753. The molecule has 2 aromatic carbocycles. The first-order valence-corrected chi connectivity index (χ1v) is 9.40. The molecular formula is C22H27N3O2. The summed E-state index contributed by atoms with van der Waals surface area (Å²) in [4.78, 5) is 24.1. The van der Waals surface area contributed by atoms with Crippen LogP contribution < -0.4 is 16.0 Å². The van der Waals surface area contributed by atoms with E-state index in [0.29, 0.717) is 6.42 Å². The number of hydrogen-bond donors (Lipinski definition) is 3. The predicted octanol–water partition coefficient (Wildman–Crippen LogP) is 3.87. The standard InChI is InChI=1S/C22H27N3O2/c1-13-5-6-14(2)20(11-13)25-22(27)16(4)23-15(3)17-7-9-19-18(12-17)8-10-21(26)24-19/h5-7,9,11-12,15-16,23H,8,10H2,1-4H3,(H,24,26)(H,25,27)/t15-,16+/m1/s1. The number of anilines is 2. The van der Waals surface area contributed by atoms with Crippen LogP contribution in [0, 0.1) is 13.8 Å². The van der Waals surface area contributed by atoms with Gasteiger partial charge in [-0.3, -0.25) is 14.9 Å².